The molecule has 1 atom stereocenters. The van der Waals surface area contributed by atoms with Crippen LogP contribution in [0.4, 0.5) is 0 Å². The standard InChI is InChI=1S/C14H17ClO/c1-2-3-7-10-14(16,11-12-15)13-8-5-4-6-9-13/h1,4-6,8-9,16H,3,7,10-12H2. The van der Waals surface area contributed by atoms with E-state index in [9.17, 15) is 5.11 Å². The van der Waals surface area contributed by atoms with Crippen LogP contribution >= 0.6 is 11.6 Å². The first-order chi connectivity index (χ1) is 7.73. The van der Waals surface area contributed by atoms with E-state index >= 15 is 0 Å². The van der Waals surface area contributed by atoms with Crippen LogP contribution in [0, 0.1) is 12.3 Å². The minimum atomic E-state index is -0.833. The molecule has 0 bridgehead atoms. The second-order valence-electron chi connectivity index (χ2n) is 3.89. The lowest BCUT2D eigenvalue weighted by Crippen LogP contribution is -2.26. The summed E-state index contributed by atoms with van der Waals surface area (Å²) in [6.45, 7) is 0. The number of aliphatic hydroxyl groups is 1. The van der Waals surface area contributed by atoms with E-state index in [0.29, 0.717) is 25.1 Å². The maximum atomic E-state index is 10.6. The molecule has 0 saturated heterocycles. The number of benzene rings is 1. The highest BCUT2D eigenvalue weighted by atomic mass is 35.5. The average molecular weight is 237 g/mol. The Bertz CT molecular complexity index is 342. The Kier molecular flexibility index (Phi) is 5.38. The van der Waals surface area contributed by atoms with E-state index < -0.39 is 5.60 Å². The van der Waals surface area contributed by atoms with Gasteiger partial charge in [-0.1, -0.05) is 30.3 Å². The van der Waals surface area contributed by atoms with E-state index in [1.165, 1.54) is 0 Å². The Balaban J connectivity index is 2.76. The van der Waals surface area contributed by atoms with Crippen LogP contribution < -0.4 is 0 Å². The van der Waals surface area contributed by atoms with Gasteiger partial charge in [-0.25, -0.2) is 0 Å². The first kappa shape index (κ1) is 13.1. The van der Waals surface area contributed by atoms with Crippen LogP contribution in [0.5, 0.6) is 0 Å². The first-order valence-electron chi connectivity index (χ1n) is 5.50. The topological polar surface area (TPSA) is 20.2 Å². The maximum absolute atomic E-state index is 10.6. The van der Waals surface area contributed by atoms with Crippen LogP contribution in [0.15, 0.2) is 30.3 Å². The van der Waals surface area contributed by atoms with Crippen molar-refractivity contribution in [1.82, 2.24) is 0 Å². The molecule has 0 spiro atoms. The van der Waals surface area contributed by atoms with Crippen molar-refractivity contribution in [3.05, 3.63) is 35.9 Å². The van der Waals surface area contributed by atoms with E-state index in [4.69, 9.17) is 18.0 Å². The third kappa shape index (κ3) is 3.56. The summed E-state index contributed by atoms with van der Waals surface area (Å²) in [5, 5.41) is 10.6. The molecule has 0 radical (unpaired) electrons. The van der Waals surface area contributed by atoms with Crippen LogP contribution in [0.3, 0.4) is 0 Å². The van der Waals surface area contributed by atoms with Crippen LogP contribution in [0.1, 0.15) is 31.2 Å². The van der Waals surface area contributed by atoms with Crippen LogP contribution in [-0.4, -0.2) is 11.0 Å². The number of hydrogen-bond acceptors (Lipinski definition) is 1. The number of rotatable bonds is 6. The monoisotopic (exact) mass is 236 g/mol. The Labute approximate surface area is 102 Å². The zero-order chi connectivity index (χ0) is 11.9. The van der Waals surface area contributed by atoms with Crippen molar-refractivity contribution in [2.75, 3.05) is 5.88 Å². The van der Waals surface area contributed by atoms with Crippen molar-refractivity contribution in [2.45, 2.75) is 31.3 Å². The first-order valence-corrected chi connectivity index (χ1v) is 6.04. The normalized spacial score (nSPS) is 14.1. The number of terminal acetylenes is 1. The number of halogens is 1. The van der Waals surface area contributed by atoms with Gasteiger partial charge in [-0.15, -0.1) is 23.9 Å². The molecule has 0 aliphatic heterocycles. The molecule has 0 aliphatic carbocycles. The largest absolute Gasteiger partial charge is 0.385 e. The third-order valence-electron chi connectivity index (χ3n) is 2.73. The summed E-state index contributed by atoms with van der Waals surface area (Å²) in [6, 6.07) is 9.66. The summed E-state index contributed by atoms with van der Waals surface area (Å²) >= 11 is 5.75. The molecule has 1 unspecified atom stereocenters. The van der Waals surface area contributed by atoms with Gasteiger partial charge in [0.25, 0.3) is 0 Å². The Morgan fingerprint density at radius 3 is 2.50 bits per heavy atom. The fourth-order valence-electron chi connectivity index (χ4n) is 1.80. The van der Waals surface area contributed by atoms with Crippen molar-refractivity contribution >= 4 is 11.6 Å². The molecular formula is C14H17ClO. The fraction of sp³-hybridized carbons (Fsp3) is 0.429. The molecule has 16 heavy (non-hydrogen) atoms. The molecule has 1 aromatic carbocycles. The van der Waals surface area contributed by atoms with E-state index in [-0.39, 0.29) is 0 Å². The molecule has 1 aromatic rings. The highest BCUT2D eigenvalue weighted by molar-refractivity contribution is 6.17. The van der Waals surface area contributed by atoms with Crippen LogP contribution in [0.25, 0.3) is 0 Å². The van der Waals surface area contributed by atoms with Crippen molar-refractivity contribution < 1.29 is 5.11 Å². The van der Waals surface area contributed by atoms with Crippen LogP contribution in [0.2, 0.25) is 0 Å². The molecule has 0 aliphatic rings. The Morgan fingerprint density at radius 2 is 1.94 bits per heavy atom. The van der Waals surface area contributed by atoms with Gasteiger partial charge in [0.05, 0.1) is 5.60 Å². The van der Waals surface area contributed by atoms with Gasteiger partial charge in [0, 0.05) is 12.3 Å². The minimum Gasteiger partial charge on any atom is -0.385 e. The second kappa shape index (κ2) is 6.58. The zero-order valence-corrected chi connectivity index (χ0v) is 10.1. The molecular weight excluding hydrogens is 220 g/mol. The van der Waals surface area contributed by atoms with Gasteiger partial charge in [0.1, 0.15) is 0 Å². The number of alkyl halides is 1. The van der Waals surface area contributed by atoms with Gasteiger partial charge in [-0.3, -0.25) is 0 Å². The molecule has 1 rings (SSSR count). The molecule has 86 valence electrons. The van der Waals surface area contributed by atoms with Crippen molar-refractivity contribution in [1.29, 1.82) is 0 Å². The molecule has 0 heterocycles. The lowest BCUT2D eigenvalue weighted by atomic mass is 9.86. The molecule has 0 saturated carbocycles. The van der Waals surface area contributed by atoms with Gasteiger partial charge in [-0.2, -0.15) is 0 Å². The van der Waals surface area contributed by atoms with E-state index in [1.807, 2.05) is 30.3 Å². The SMILES string of the molecule is C#CCCCC(O)(CCCl)c1ccccc1. The molecule has 1 nitrogen and oxygen atoms in total. The van der Waals surface area contributed by atoms with Gasteiger partial charge >= 0.3 is 0 Å². The predicted octanol–water partition coefficient (Wildman–Crippen LogP) is 3.31. The van der Waals surface area contributed by atoms with Crippen molar-refractivity contribution in [3.63, 3.8) is 0 Å². The molecule has 2 heteroatoms. The molecule has 0 amide bonds. The maximum Gasteiger partial charge on any atom is 0.0908 e. The van der Waals surface area contributed by atoms with Gasteiger partial charge in [0.15, 0.2) is 0 Å². The van der Waals surface area contributed by atoms with Crippen molar-refractivity contribution in [3.8, 4) is 12.3 Å². The summed E-state index contributed by atoms with van der Waals surface area (Å²) in [7, 11) is 0. The van der Waals surface area contributed by atoms with E-state index in [1.54, 1.807) is 0 Å². The predicted molar refractivity (Wildman–Crippen MR) is 68.4 cm³/mol. The van der Waals surface area contributed by atoms with Gasteiger partial charge in [0.2, 0.25) is 0 Å². The lowest BCUT2D eigenvalue weighted by molar-refractivity contribution is 0.0226. The highest BCUT2D eigenvalue weighted by Crippen LogP contribution is 2.30. The van der Waals surface area contributed by atoms with Gasteiger partial charge < -0.3 is 5.11 Å². The highest BCUT2D eigenvalue weighted by Gasteiger charge is 2.27. The quantitative estimate of drug-likeness (QED) is 0.457. The average Bonchev–Trinajstić information content (AvgIpc) is 2.31. The minimum absolute atomic E-state index is 0.446. The number of unbranched alkanes of at least 4 members (excludes halogenated alkanes) is 1. The van der Waals surface area contributed by atoms with E-state index in [2.05, 4.69) is 5.92 Å². The summed E-state index contributed by atoms with van der Waals surface area (Å²) in [5.74, 6) is 3.04. The van der Waals surface area contributed by atoms with Gasteiger partial charge in [-0.05, 0) is 24.8 Å². The number of hydrogen-bond donors (Lipinski definition) is 1. The summed E-state index contributed by atoms with van der Waals surface area (Å²) in [5.41, 5.74) is 0.0903. The molecule has 1 N–H and O–H groups in total. The lowest BCUT2D eigenvalue weighted by Gasteiger charge is -2.27. The Morgan fingerprint density at radius 1 is 1.25 bits per heavy atom. The summed E-state index contributed by atoms with van der Waals surface area (Å²) < 4.78 is 0. The molecule has 0 aromatic heterocycles. The zero-order valence-electron chi connectivity index (χ0n) is 9.32. The third-order valence-corrected chi connectivity index (χ3v) is 2.92. The van der Waals surface area contributed by atoms with Crippen molar-refractivity contribution in [2.24, 2.45) is 0 Å². The second-order valence-corrected chi connectivity index (χ2v) is 4.27. The summed E-state index contributed by atoms with van der Waals surface area (Å²) in [4.78, 5) is 0. The molecule has 0 fully saturated rings. The fourth-order valence-corrected chi connectivity index (χ4v) is 2.11. The Hall–Kier alpha value is -0.970. The van der Waals surface area contributed by atoms with Crippen LogP contribution in [-0.2, 0) is 5.60 Å². The smallest absolute Gasteiger partial charge is 0.0908 e. The summed E-state index contributed by atoms with van der Waals surface area (Å²) in [6.07, 6.45) is 7.94. The van der Waals surface area contributed by atoms with E-state index in [0.717, 1.165) is 12.0 Å².